The van der Waals surface area contributed by atoms with E-state index in [0.29, 0.717) is 38.3 Å². The van der Waals surface area contributed by atoms with E-state index in [1.165, 1.54) is 66.8 Å². The van der Waals surface area contributed by atoms with Crippen LogP contribution < -0.4 is 18.9 Å². The van der Waals surface area contributed by atoms with Crippen molar-refractivity contribution in [2.45, 2.75) is 272 Å². The molecule has 4 aromatic rings. The van der Waals surface area contributed by atoms with Crippen molar-refractivity contribution in [1.29, 1.82) is 0 Å². The minimum atomic E-state index is -0.257. The van der Waals surface area contributed by atoms with Gasteiger partial charge in [0.15, 0.2) is 0 Å². The zero-order valence-electron chi connectivity index (χ0n) is 58.0. The van der Waals surface area contributed by atoms with E-state index in [1.807, 2.05) is 24.3 Å². The van der Waals surface area contributed by atoms with Crippen molar-refractivity contribution < 1.29 is 18.9 Å². The van der Waals surface area contributed by atoms with Crippen molar-refractivity contribution in [2.75, 3.05) is 26.4 Å². The van der Waals surface area contributed by atoms with Gasteiger partial charge in [-0.1, -0.05) is 265 Å². The zero-order chi connectivity index (χ0) is 63.2. The largest absolute Gasteiger partial charge is 0.489 e. The van der Waals surface area contributed by atoms with Gasteiger partial charge in [-0.25, -0.2) is 0 Å². The van der Waals surface area contributed by atoms with Gasteiger partial charge in [-0.2, -0.15) is 0 Å². The van der Waals surface area contributed by atoms with Gasteiger partial charge >= 0.3 is 0 Å². The summed E-state index contributed by atoms with van der Waals surface area (Å²) in [5, 5.41) is 0. The first kappa shape index (κ1) is 68.2. The van der Waals surface area contributed by atoms with Gasteiger partial charge in [0.25, 0.3) is 0 Å². The molecule has 0 unspecified atom stereocenters. The highest BCUT2D eigenvalue weighted by atomic mass is 16.5. The summed E-state index contributed by atoms with van der Waals surface area (Å²) < 4.78 is 27.1. The third-order valence-corrected chi connectivity index (χ3v) is 18.8. The molecule has 4 aromatic carbocycles. The fourth-order valence-electron chi connectivity index (χ4n) is 14.0. The molecule has 84 heavy (non-hydrogen) atoms. The van der Waals surface area contributed by atoms with Gasteiger partial charge in [-0.15, -0.1) is 0 Å². The standard InChI is InChI=1S/C80H118O4/c1-29-41-81-67-59(71(5,6)7)45-55(46-60(67)72(8,9)10)79(56-47-61(73(11,12)13)68(82-42-30-2)62(48-56)74(14,15)16)37-33-53(34-38-79)54-35-39-80(40-36-54,57-49-63(75(17,18)19)69(83-43-31-3)64(50-57)76(20,21)22)58-51-65(77(23,24)25)70(84-44-32-4)66(52-58)78(26,27)28/h29-32,45-54H,1-4,33-44H2,5-28H3. The van der Waals surface area contributed by atoms with Crippen LogP contribution in [-0.4, -0.2) is 26.4 Å². The second-order valence-corrected chi connectivity index (χ2v) is 33.8. The van der Waals surface area contributed by atoms with Gasteiger partial charge < -0.3 is 18.9 Å². The van der Waals surface area contributed by atoms with E-state index in [-0.39, 0.29) is 54.1 Å². The summed E-state index contributed by atoms with van der Waals surface area (Å²) in [6.45, 7) is 74.6. The van der Waals surface area contributed by atoms with E-state index >= 15 is 0 Å². The summed E-state index contributed by atoms with van der Waals surface area (Å²) in [5.74, 6) is 5.23. The van der Waals surface area contributed by atoms with Gasteiger partial charge in [-0.05, 0) is 129 Å². The molecule has 0 amide bonds. The molecule has 0 saturated heterocycles. The molecule has 0 aromatic heterocycles. The van der Waals surface area contributed by atoms with E-state index in [2.05, 4.69) is 241 Å². The molecule has 0 N–H and O–H groups in total. The van der Waals surface area contributed by atoms with Crippen LogP contribution in [0.2, 0.25) is 0 Å². The van der Waals surface area contributed by atoms with Crippen molar-refractivity contribution in [3.8, 4) is 23.0 Å². The number of hydrogen-bond donors (Lipinski definition) is 0. The number of hydrogen-bond acceptors (Lipinski definition) is 4. The molecule has 2 aliphatic rings. The van der Waals surface area contributed by atoms with Crippen LogP contribution in [0.3, 0.4) is 0 Å². The number of rotatable bonds is 17. The molecule has 2 aliphatic carbocycles. The normalized spacial score (nSPS) is 16.9. The van der Waals surface area contributed by atoms with Crippen molar-refractivity contribution in [3.63, 3.8) is 0 Å². The Kier molecular flexibility index (Phi) is 20.0. The number of benzene rings is 4. The Bertz CT molecular complexity index is 2460. The van der Waals surface area contributed by atoms with Crippen molar-refractivity contribution in [1.82, 2.24) is 0 Å². The van der Waals surface area contributed by atoms with E-state index in [9.17, 15) is 0 Å². The van der Waals surface area contributed by atoms with Crippen LogP contribution in [-0.2, 0) is 54.1 Å². The molecular weight excluding hydrogens is 1020 g/mol. The van der Waals surface area contributed by atoms with Gasteiger partial charge in [0, 0.05) is 55.3 Å². The maximum Gasteiger partial charge on any atom is 0.127 e. The van der Waals surface area contributed by atoms with Crippen LogP contribution in [0.5, 0.6) is 23.0 Å². The fraction of sp³-hybridized carbons (Fsp3) is 0.600. The van der Waals surface area contributed by atoms with E-state index < -0.39 is 0 Å². The molecule has 0 aliphatic heterocycles. The molecule has 2 saturated carbocycles. The second kappa shape index (κ2) is 24.7. The summed E-state index contributed by atoms with van der Waals surface area (Å²) in [6.07, 6.45) is 16.4. The third-order valence-electron chi connectivity index (χ3n) is 18.8. The molecule has 462 valence electrons. The Labute approximate surface area is 515 Å². The summed E-state index contributed by atoms with van der Waals surface area (Å²) in [7, 11) is 0. The van der Waals surface area contributed by atoms with E-state index in [4.69, 9.17) is 18.9 Å². The first-order valence-corrected chi connectivity index (χ1v) is 32.2. The van der Waals surface area contributed by atoms with Gasteiger partial charge in [0.05, 0.1) is 0 Å². The van der Waals surface area contributed by atoms with Crippen LogP contribution >= 0.6 is 0 Å². The topological polar surface area (TPSA) is 36.9 Å². The van der Waals surface area contributed by atoms with Crippen molar-refractivity contribution in [2.24, 2.45) is 11.8 Å². The number of ether oxygens (including phenoxy) is 4. The predicted molar refractivity (Wildman–Crippen MR) is 364 cm³/mol. The molecule has 6 rings (SSSR count). The third kappa shape index (κ3) is 14.5. The highest BCUT2D eigenvalue weighted by molar-refractivity contribution is 5.61. The van der Waals surface area contributed by atoms with Gasteiger partial charge in [0.1, 0.15) is 49.4 Å². The Morgan fingerprint density at radius 1 is 0.298 bits per heavy atom. The Morgan fingerprint density at radius 3 is 0.560 bits per heavy atom. The Balaban J connectivity index is 1.60. The summed E-state index contributed by atoms with van der Waals surface area (Å²) >= 11 is 0. The van der Waals surface area contributed by atoms with Crippen LogP contribution in [0.1, 0.15) is 284 Å². The molecule has 4 nitrogen and oxygen atoms in total. The maximum absolute atomic E-state index is 6.78. The molecule has 4 heteroatoms. The zero-order valence-corrected chi connectivity index (χ0v) is 58.0. The summed E-state index contributed by atoms with van der Waals surface area (Å²) in [5.41, 5.74) is 13.9. The summed E-state index contributed by atoms with van der Waals surface area (Å²) in [4.78, 5) is 0. The van der Waals surface area contributed by atoms with Crippen molar-refractivity contribution >= 4 is 0 Å². The van der Waals surface area contributed by atoms with Crippen LogP contribution in [0, 0.1) is 11.8 Å². The molecule has 0 spiro atoms. The van der Waals surface area contributed by atoms with Crippen molar-refractivity contribution in [3.05, 3.63) is 166 Å². The van der Waals surface area contributed by atoms with Crippen LogP contribution in [0.4, 0.5) is 0 Å². The molecule has 2 fully saturated rings. The smallest absolute Gasteiger partial charge is 0.127 e. The SMILES string of the molecule is C=CCOc1c(C(C)(C)C)cc(C2(c3cc(C(C)(C)C)c(OCC=C)c(C(C)(C)C)c3)CCC(C3CCC(c4cc(C(C)(C)C)c(OCC=C)c(C(C)(C)C)c4)(c4cc(C(C)(C)C)c(OCC=C)c(C(C)(C)C)c4)CC3)CC2)cc1C(C)(C)C. The highest BCUT2D eigenvalue weighted by Gasteiger charge is 2.48. The molecular formula is C80H118O4. The lowest BCUT2D eigenvalue weighted by molar-refractivity contribution is 0.140. The monoisotopic (exact) mass is 1140 g/mol. The minimum absolute atomic E-state index is 0.171. The quantitative estimate of drug-likeness (QED) is 0.0988. The lowest BCUT2D eigenvalue weighted by atomic mass is 9.55. The maximum atomic E-state index is 6.78. The molecule has 0 heterocycles. The van der Waals surface area contributed by atoms with Gasteiger partial charge in [-0.3, -0.25) is 0 Å². The van der Waals surface area contributed by atoms with E-state index in [1.54, 1.807) is 0 Å². The van der Waals surface area contributed by atoms with Gasteiger partial charge in [0.2, 0.25) is 0 Å². The first-order chi connectivity index (χ1) is 38.5. The average Bonchev–Trinajstić information content (AvgIpc) is 0.782. The van der Waals surface area contributed by atoms with Crippen LogP contribution in [0.25, 0.3) is 0 Å². The Morgan fingerprint density at radius 2 is 0.440 bits per heavy atom. The Hall–Kier alpha value is -4.96. The highest BCUT2D eigenvalue weighted by Crippen LogP contribution is 2.59. The minimum Gasteiger partial charge on any atom is -0.489 e. The average molecular weight is 1140 g/mol. The van der Waals surface area contributed by atoms with E-state index in [0.717, 1.165) is 74.4 Å². The first-order valence-electron chi connectivity index (χ1n) is 32.2. The summed E-state index contributed by atoms with van der Waals surface area (Å²) in [6, 6.07) is 20.5. The van der Waals surface area contributed by atoms with Crippen LogP contribution in [0.15, 0.2) is 99.2 Å². The molecule has 0 radical (unpaired) electrons. The molecule has 0 bridgehead atoms. The lowest BCUT2D eigenvalue weighted by Gasteiger charge is -2.49. The second-order valence-electron chi connectivity index (χ2n) is 33.8. The molecule has 0 atom stereocenters. The predicted octanol–water partition coefficient (Wildman–Crippen LogP) is 22.0. The lowest BCUT2D eigenvalue weighted by Crippen LogP contribution is -2.40. The fourth-order valence-corrected chi connectivity index (χ4v) is 14.0.